The van der Waals surface area contributed by atoms with E-state index in [4.69, 9.17) is 4.74 Å². The van der Waals surface area contributed by atoms with Crippen LogP contribution >= 0.6 is 0 Å². The highest BCUT2D eigenvalue weighted by atomic mass is 16.5. The minimum absolute atomic E-state index is 0.257. The van der Waals surface area contributed by atoms with Crippen LogP contribution in [0.2, 0.25) is 0 Å². The molecule has 2 rings (SSSR count). The summed E-state index contributed by atoms with van der Waals surface area (Å²) in [6.45, 7) is 3.62. The van der Waals surface area contributed by atoms with Gasteiger partial charge in [-0.1, -0.05) is 19.1 Å². The molecular weight excluding hydrogens is 298 g/mol. The van der Waals surface area contributed by atoms with Gasteiger partial charge in [-0.3, -0.25) is 0 Å². The second-order valence-corrected chi connectivity index (χ2v) is 6.13. The van der Waals surface area contributed by atoms with Gasteiger partial charge in [0, 0.05) is 19.1 Å². The summed E-state index contributed by atoms with van der Waals surface area (Å²) in [6, 6.07) is 7.53. The van der Waals surface area contributed by atoms with Crippen LogP contribution in [-0.2, 0) is 6.54 Å². The van der Waals surface area contributed by atoms with E-state index < -0.39 is 30.3 Å². The summed E-state index contributed by atoms with van der Waals surface area (Å²) >= 11 is 0. The van der Waals surface area contributed by atoms with E-state index >= 15 is 0 Å². The molecule has 130 valence electrons. The maximum atomic E-state index is 10.1. The Labute approximate surface area is 136 Å². The molecule has 6 heteroatoms. The smallest absolute Gasteiger partial charge is 0.128 e. The van der Waals surface area contributed by atoms with E-state index in [0.29, 0.717) is 5.75 Å². The standard InChI is InChI=1S/C17H27NO5/c1-2-7-18-9-11-3-5-13(6-4-11)23-14-8-12(10-19)15(20)17(22)16(14)21/h3-6,12,14-22H,2,7-10H2,1H3. The van der Waals surface area contributed by atoms with Crippen LogP contribution in [-0.4, -0.2) is 58.0 Å². The van der Waals surface area contributed by atoms with Crippen LogP contribution in [0.5, 0.6) is 5.75 Å². The minimum Gasteiger partial charge on any atom is -0.488 e. The zero-order valence-electron chi connectivity index (χ0n) is 13.4. The summed E-state index contributed by atoms with van der Waals surface area (Å²) in [7, 11) is 0. The van der Waals surface area contributed by atoms with Crippen molar-refractivity contribution in [2.45, 2.75) is 50.7 Å². The van der Waals surface area contributed by atoms with Gasteiger partial charge < -0.3 is 30.5 Å². The normalized spacial score (nSPS) is 31.1. The van der Waals surface area contributed by atoms with Crippen molar-refractivity contribution < 1.29 is 25.2 Å². The summed E-state index contributed by atoms with van der Waals surface area (Å²) in [5, 5.41) is 42.3. The summed E-state index contributed by atoms with van der Waals surface area (Å²) in [5.41, 5.74) is 1.14. The highest BCUT2D eigenvalue weighted by Crippen LogP contribution is 2.29. The molecule has 1 aliphatic carbocycles. The van der Waals surface area contributed by atoms with Gasteiger partial charge in [0.05, 0.1) is 6.10 Å². The van der Waals surface area contributed by atoms with Gasteiger partial charge in [0.1, 0.15) is 24.1 Å². The van der Waals surface area contributed by atoms with Crippen LogP contribution in [0.25, 0.3) is 0 Å². The van der Waals surface area contributed by atoms with Crippen molar-refractivity contribution in [1.82, 2.24) is 5.32 Å². The van der Waals surface area contributed by atoms with Crippen molar-refractivity contribution >= 4 is 0 Å². The molecule has 0 saturated heterocycles. The van der Waals surface area contributed by atoms with Gasteiger partial charge in [-0.25, -0.2) is 0 Å². The molecule has 0 amide bonds. The van der Waals surface area contributed by atoms with Gasteiger partial charge in [0.15, 0.2) is 0 Å². The minimum atomic E-state index is -1.32. The van der Waals surface area contributed by atoms with Crippen LogP contribution < -0.4 is 10.1 Å². The fraction of sp³-hybridized carbons (Fsp3) is 0.647. The Bertz CT molecular complexity index is 465. The number of rotatable bonds is 7. The first kappa shape index (κ1) is 18.2. The third-order valence-electron chi connectivity index (χ3n) is 4.30. The molecule has 0 spiro atoms. The molecule has 1 saturated carbocycles. The van der Waals surface area contributed by atoms with Gasteiger partial charge in [-0.05, 0) is 37.1 Å². The molecule has 6 nitrogen and oxygen atoms in total. The van der Waals surface area contributed by atoms with Gasteiger partial charge in [-0.15, -0.1) is 0 Å². The molecule has 0 aliphatic heterocycles. The van der Waals surface area contributed by atoms with E-state index in [1.807, 2.05) is 24.3 Å². The van der Waals surface area contributed by atoms with Gasteiger partial charge >= 0.3 is 0 Å². The van der Waals surface area contributed by atoms with E-state index in [-0.39, 0.29) is 13.0 Å². The average Bonchev–Trinajstić information content (AvgIpc) is 2.57. The molecule has 0 bridgehead atoms. The van der Waals surface area contributed by atoms with Crippen molar-refractivity contribution in [3.05, 3.63) is 29.8 Å². The van der Waals surface area contributed by atoms with E-state index in [0.717, 1.165) is 25.1 Å². The third-order valence-corrected chi connectivity index (χ3v) is 4.30. The molecule has 0 aromatic heterocycles. The van der Waals surface area contributed by atoms with Crippen molar-refractivity contribution in [2.75, 3.05) is 13.2 Å². The van der Waals surface area contributed by atoms with Crippen LogP contribution in [0.3, 0.4) is 0 Å². The Morgan fingerprint density at radius 3 is 2.39 bits per heavy atom. The Morgan fingerprint density at radius 1 is 1.09 bits per heavy atom. The van der Waals surface area contributed by atoms with E-state index in [1.165, 1.54) is 0 Å². The summed E-state index contributed by atoms with van der Waals surface area (Å²) in [6.07, 6.45) is -2.92. The van der Waals surface area contributed by atoms with Crippen molar-refractivity contribution in [2.24, 2.45) is 5.92 Å². The molecule has 0 heterocycles. The first-order chi connectivity index (χ1) is 11.1. The monoisotopic (exact) mass is 325 g/mol. The second-order valence-electron chi connectivity index (χ2n) is 6.13. The van der Waals surface area contributed by atoms with E-state index in [2.05, 4.69) is 12.2 Å². The number of hydrogen-bond acceptors (Lipinski definition) is 6. The molecular formula is C17H27NO5. The van der Waals surface area contributed by atoms with E-state index in [9.17, 15) is 20.4 Å². The van der Waals surface area contributed by atoms with Crippen LogP contribution in [0.1, 0.15) is 25.3 Å². The molecule has 1 aromatic carbocycles. The Morgan fingerprint density at radius 2 is 1.78 bits per heavy atom. The number of aliphatic hydroxyl groups is 4. The Balaban J connectivity index is 1.95. The first-order valence-corrected chi connectivity index (χ1v) is 8.18. The number of aliphatic hydroxyl groups excluding tert-OH is 4. The fourth-order valence-corrected chi connectivity index (χ4v) is 2.85. The molecule has 1 aliphatic rings. The van der Waals surface area contributed by atoms with Crippen LogP contribution in [0, 0.1) is 5.92 Å². The quantitative estimate of drug-likeness (QED) is 0.453. The largest absolute Gasteiger partial charge is 0.488 e. The van der Waals surface area contributed by atoms with Gasteiger partial charge in [-0.2, -0.15) is 0 Å². The van der Waals surface area contributed by atoms with Crippen LogP contribution in [0.15, 0.2) is 24.3 Å². The zero-order chi connectivity index (χ0) is 16.8. The summed E-state index contributed by atoms with van der Waals surface area (Å²) in [4.78, 5) is 0. The lowest BCUT2D eigenvalue weighted by Gasteiger charge is -2.39. The lowest BCUT2D eigenvalue weighted by Crippen LogP contribution is -2.56. The molecule has 5 atom stereocenters. The lowest BCUT2D eigenvalue weighted by atomic mass is 9.81. The number of nitrogens with one attached hydrogen (secondary N) is 1. The molecule has 5 N–H and O–H groups in total. The van der Waals surface area contributed by atoms with Crippen molar-refractivity contribution in [1.29, 1.82) is 0 Å². The van der Waals surface area contributed by atoms with Crippen molar-refractivity contribution in [3.63, 3.8) is 0 Å². The SMILES string of the molecule is CCCNCc1ccc(OC2CC(CO)C(O)C(O)C2O)cc1. The maximum absolute atomic E-state index is 10.1. The molecule has 1 fully saturated rings. The highest BCUT2D eigenvalue weighted by Gasteiger charge is 2.43. The molecule has 1 aromatic rings. The first-order valence-electron chi connectivity index (χ1n) is 8.18. The summed E-state index contributed by atoms with van der Waals surface area (Å²) in [5.74, 6) is 0.0875. The molecule has 0 radical (unpaired) electrons. The molecule has 5 unspecified atom stereocenters. The number of ether oxygens (including phenoxy) is 1. The topological polar surface area (TPSA) is 102 Å². The zero-order valence-corrected chi connectivity index (χ0v) is 13.4. The predicted octanol–water partition coefficient (Wildman–Crippen LogP) is 0.0285. The predicted molar refractivity (Wildman–Crippen MR) is 86.1 cm³/mol. The second kappa shape index (κ2) is 8.61. The number of benzene rings is 1. The lowest BCUT2D eigenvalue weighted by molar-refractivity contribution is -0.156. The van der Waals surface area contributed by atoms with Gasteiger partial charge in [0.25, 0.3) is 0 Å². The number of hydrogen-bond donors (Lipinski definition) is 5. The Kier molecular flexibility index (Phi) is 6.80. The average molecular weight is 325 g/mol. The van der Waals surface area contributed by atoms with Gasteiger partial charge in [0.2, 0.25) is 0 Å². The maximum Gasteiger partial charge on any atom is 0.128 e. The fourth-order valence-electron chi connectivity index (χ4n) is 2.85. The third kappa shape index (κ3) is 4.65. The Hall–Kier alpha value is -1.18. The van der Waals surface area contributed by atoms with E-state index in [1.54, 1.807) is 0 Å². The summed E-state index contributed by atoms with van der Waals surface area (Å²) < 4.78 is 5.75. The molecule has 23 heavy (non-hydrogen) atoms. The van der Waals surface area contributed by atoms with Crippen LogP contribution in [0.4, 0.5) is 0 Å². The highest BCUT2D eigenvalue weighted by molar-refractivity contribution is 5.27. The van der Waals surface area contributed by atoms with Crippen molar-refractivity contribution in [3.8, 4) is 5.75 Å².